The summed E-state index contributed by atoms with van der Waals surface area (Å²) in [7, 11) is 3.97. The number of likely N-dealkylation sites (tertiary alicyclic amines) is 1. The summed E-state index contributed by atoms with van der Waals surface area (Å²) in [6.45, 7) is 4.96. The molecule has 4 rings (SSSR count). The van der Waals surface area contributed by atoms with Crippen LogP contribution < -0.4 is 4.90 Å². The lowest BCUT2D eigenvalue weighted by Crippen LogP contribution is -2.51. The van der Waals surface area contributed by atoms with Crippen molar-refractivity contribution in [2.24, 2.45) is 0 Å². The SMILES string of the molecule is CN(C)c1ncc2c(n1)C1(CCCN(CC(=O)N3CCOCC3)C1)CC2.O=CO. The summed E-state index contributed by atoms with van der Waals surface area (Å²) in [4.78, 5) is 36.7. The molecule has 29 heavy (non-hydrogen) atoms. The molecule has 160 valence electrons. The van der Waals surface area contributed by atoms with Gasteiger partial charge in [0, 0.05) is 45.3 Å². The number of morpholine rings is 1. The second-order valence-electron chi connectivity index (χ2n) is 8.13. The first kappa shape index (κ1) is 21.4. The molecule has 1 spiro atoms. The number of rotatable bonds is 3. The molecular formula is C20H31N5O4. The second kappa shape index (κ2) is 9.49. The molecule has 1 N–H and O–H groups in total. The van der Waals surface area contributed by atoms with Crippen molar-refractivity contribution in [3.05, 3.63) is 17.5 Å². The fourth-order valence-corrected chi connectivity index (χ4v) is 4.61. The van der Waals surface area contributed by atoms with Crippen molar-refractivity contribution in [3.8, 4) is 0 Å². The number of amides is 1. The average Bonchev–Trinajstić information content (AvgIpc) is 3.06. The number of carboxylic acid groups (broad SMARTS) is 1. The smallest absolute Gasteiger partial charge is 0.290 e. The van der Waals surface area contributed by atoms with Gasteiger partial charge in [0.25, 0.3) is 6.47 Å². The zero-order chi connectivity index (χ0) is 20.9. The van der Waals surface area contributed by atoms with Crippen molar-refractivity contribution in [3.63, 3.8) is 0 Å². The van der Waals surface area contributed by atoms with Gasteiger partial charge >= 0.3 is 0 Å². The number of anilines is 1. The Bertz CT molecular complexity index is 719. The molecular weight excluding hydrogens is 374 g/mol. The number of aromatic nitrogens is 2. The van der Waals surface area contributed by atoms with Crippen LogP contribution in [0.25, 0.3) is 0 Å². The van der Waals surface area contributed by atoms with Crippen molar-refractivity contribution in [1.82, 2.24) is 19.8 Å². The van der Waals surface area contributed by atoms with Gasteiger partial charge in [-0.1, -0.05) is 0 Å². The molecule has 2 saturated heterocycles. The summed E-state index contributed by atoms with van der Waals surface area (Å²) in [6, 6.07) is 0. The molecule has 9 heteroatoms. The minimum Gasteiger partial charge on any atom is -0.483 e. The van der Waals surface area contributed by atoms with E-state index in [0.717, 1.165) is 57.8 Å². The number of carbonyl (C=O) groups is 2. The molecule has 0 radical (unpaired) electrons. The molecule has 3 aliphatic rings. The summed E-state index contributed by atoms with van der Waals surface area (Å²) in [6.07, 6.45) is 6.46. The highest BCUT2D eigenvalue weighted by atomic mass is 16.5. The standard InChI is InChI=1S/C19H29N5O2.CH2O2/c1-22(2)18-20-12-15-4-6-19(17(15)21-18)5-3-7-23(14-19)13-16(25)24-8-10-26-11-9-24;2-1-3/h12H,3-11,13-14H2,1-2H3;1H,(H,2,3). The van der Waals surface area contributed by atoms with Gasteiger partial charge in [-0.2, -0.15) is 0 Å². The van der Waals surface area contributed by atoms with E-state index in [1.54, 1.807) is 0 Å². The van der Waals surface area contributed by atoms with Crippen LogP contribution in [0.2, 0.25) is 0 Å². The van der Waals surface area contributed by atoms with E-state index in [9.17, 15) is 4.79 Å². The normalized spacial score (nSPS) is 23.9. The highest BCUT2D eigenvalue weighted by Gasteiger charge is 2.44. The van der Waals surface area contributed by atoms with Crippen LogP contribution in [0.5, 0.6) is 0 Å². The largest absolute Gasteiger partial charge is 0.483 e. The Morgan fingerprint density at radius 3 is 2.72 bits per heavy atom. The number of fused-ring (bicyclic) bond motifs is 2. The molecule has 1 aliphatic carbocycles. The Morgan fingerprint density at radius 1 is 1.31 bits per heavy atom. The van der Waals surface area contributed by atoms with Gasteiger partial charge in [0.05, 0.1) is 25.5 Å². The fourth-order valence-electron chi connectivity index (χ4n) is 4.61. The predicted octanol–water partition coefficient (Wildman–Crippen LogP) is 0.382. The van der Waals surface area contributed by atoms with E-state index < -0.39 is 0 Å². The lowest BCUT2D eigenvalue weighted by Gasteiger charge is -2.41. The molecule has 1 unspecified atom stereocenters. The van der Waals surface area contributed by atoms with Crippen molar-refractivity contribution in [1.29, 1.82) is 0 Å². The van der Waals surface area contributed by atoms with Crippen LogP contribution in [0.1, 0.15) is 30.5 Å². The van der Waals surface area contributed by atoms with Crippen LogP contribution in [0.15, 0.2) is 6.20 Å². The van der Waals surface area contributed by atoms with Crippen molar-refractivity contribution >= 4 is 18.3 Å². The Hall–Kier alpha value is -2.26. The molecule has 1 aromatic rings. The van der Waals surface area contributed by atoms with E-state index in [0.29, 0.717) is 19.8 Å². The van der Waals surface area contributed by atoms with E-state index in [-0.39, 0.29) is 17.8 Å². The first-order valence-electron chi connectivity index (χ1n) is 10.2. The second-order valence-corrected chi connectivity index (χ2v) is 8.13. The van der Waals surface area contributed by atoms with Gasteiger partial charge in [-0.05, 0) is 37.8 Å². The number of aryl methyl sites for hydroxylation is 1. The summed E-state index contributed by atoms with van der Waals surface area (Å²) in [5, 5.41) is 6.89. The van der Waals surface area contributed by atoms with Crippen LogP contribution in [0.3, 0.4) is 0 Å². The van der Waals surface area contributed by atoms with Gasteiger partial charge in [-0.3, -0.25) is 14.5 Å². The number of piperidine rings is 1. The van der Waals surface area contributed by atoms with Crippen molar-refractivity contribution in [2.45, 2.75) is 31.1 Å². The van der Waals surface area contributed by atoms with E-state index in [4.69, 9.17) is 19.6 Å². The quantitative estimate of drug-likeness (QED) is 0.721. The molecule has 0 bridgehead atoms. The molecule has 0 saturated carbocycles. The highest BCUT2D eigenvalue weighted by molar-refractivity contribution is 5.78. The third-order valence-electron chi connectivity index (χ3n) is 6.01. The molecule has 9 nitrogen and oxygen atoms in total. The average molecular weight is 405 g/mol. The topological polar surface area (TPSA) is 99.1 Å². The number of hydrogen-bond acceptors (Lipinski definition) is 7. The van der Waals surface area contributed by atoms with E-state index in [1.165, 1.54) is 11.3 Å². The minimum atomic E-state index is -0.250. The van der Waals surface area contributed by atoms with Crippen molar-refractivity contribution < 1.29 is 19.4 Å². The Labute approximate surface area is 171 Å². The lowest BCUT2D eigenvalue weighted by atomic mass is 9.77. The number of ether oxygens (including phenoxy) is 1. The monoisotopic (exact) mass is 405 g/mol. The third kappa shape index (κ3) is 4.84. The molecule has 1 atom stereocenters. The van der Waals surface area contributed by atoms with E-state index in [2.05, 4.69) is 9.88 Å². The maximum absolute atomic E-state index is 12.7. The molecule has 3 heterocycles. The molecule has 1 amide bonds. The van der Waals surface area contributed by atoms with Gasteiger partial charge in [-0.15, -0.1) is 0 Å². The van der Waals surface area contributed by atoms with Gasteiger partial charge in [0.2, 0.25) is 11.9 Å². The zero-order valence-electron chi connectivity index (χ0n) is 17.3. The highest BCUT2D eigenvalue weighted by Crippen LogP contribution is 2.44. The lowest BCUT2D eigenvalue weighted by molar-refractivity contribution is -0.137. The summed E-state index contributed by atoms with van der Waals surface area (Å²) in [5.41, 5.74) is 2.60. The van der Waals surface area contributed by atoms with E-state index >= 15 is 0 Å². The Morgan fingerprint density at radius 2 is 2.03 bits per heavy atom. The van der Waals surface area contributed by atoms with Crippen LogP contribution in [0, 0.1) is 0 Å². The van der Waals surface area contributed by atoms with E-state index in [1.807, 2.05) is 30.1 Å². The first-order chi connectivity index (χ1) is 14.0. The summed E-state index contributed by atoms with van der Waals surface area (Å²) in [5.74, 6) is 1.02. The van der Waals surface area contributed by atoms with Crippen LogP contribution in [-0.2, 0) is 26.2 Å². The van der Waals surface area contributed by atoms with Crippen LogP contribution in [0.4, 0.5) is 5.95 Å². The Kier molecular flexibility index (Phi) is 7.02. The van der Waals surface area contributed by atoms with Gasteiger partial charge in [0.15, 0.2) is 0 Å². The molecule has 1 aromatic heterocycles. The third-order valence-corrected chi connectivity index (χ3v) is 6.01. The predicted molar refractivity (Wildman–Crippen MR) is 108 cm³/mol. The van der Waals surface area contributed by atoms with Crippen LogP contribution in [-0.4, -0.2) is 97.3 Å². The van der Waals surface area contributed by atoms with Gasteiger partial charge < -0.3 is 19.6 Å². The molecule has 0 aromatic carbocycles. The summed E-state index contributed by atoms with van der Waals surface area (Å²) >= 11 is 0. The minimum absolute atomic E-state index is 0.0899. The van der Waals surface area contributed by atoms with Crippen molar-refractivity contribution in [2.75, 3.05) is 64.9 Å². The zero-order valence-corrected chi connectivity index (χ0v) is 17.3. The van der Waals surface area contributed by atoms with Crippen LogP contribution >= 0.6 is 0 Å². The number of hydrogen-bond donors (Lipinski definition) is 1. The first-order valence-corrected chi connectivity index (χ1v) is 10.2. The number of nitrogens with zero attached hydrogens (tertiary/aromatic N) is 5. The molecule has 2 fully saturated rings. The number of carbonyl (C=O) groups excluding carboxylic acids is 1. The maximum Gasteiger partial charge on any atom is 0.290 e. The fraction of sp³-hybridized carbons (Fsp3) is 0.700. The summed E-state index contributed by atoms with van der Waals surface area (Å²) < 4.78 is 5.36. The maximum atomic E-state index is 12.7. The van der Waals surface area contributed by atoms with Gasteiger partial charge in [-0.25, -0.2) is 9.97 Å². The Balaban J connectivity index is 0.000000755. The molecule has 2 aliphatic heterocycles. The van der Waals surface area contributed by atoms with Gasteiger partial charge in [0.1, 0.15) is 0 Å².